The fourth-order valence-electron chi connectivity index (χ4n) is 3.92. The van der Waals surface area contributed by atoms with Crippen molar-refractivity contribution in [3.8, 4) is 0 Å². The standard InChI is InChI=1S/C28H50O4/c1-2-3-16-21-26(23-18-13-11-15-20-25-28(31)32)22-17-12-9-7-5-4-6-8-10-14-19-24-27(29)30/h5,7,21H,2-4,6,8-20,22-25H2,1H3,(H,29,30)(H,31,32). The number of hydrogen-bond donors (Lipinski definition) is 2. The summed E-state index contributed by atoms with van der Waals surface area (Å²) in [5.74, 6) is -1.35. The molecule has 0 saturated carbocycles. The fraction of sp³-hybridized carbons (Fsp3) is 0.786. The van der Waals surface area contributed by atoms with E-state index in [9.17, 15) is 9.59 Å². The maximum absolute atomic E-state index is 10.5. The van der Waals surface area contributed by atoms with E-state index in [1.54, 1.807) is 5.57 Å². The van der Waals surface area contributed by atoms with Crippen molar-refractivity contribution >= 4 is 11.9 Å². The molecule has 0 fully saturated rings. The molecule has 0 aromatic heterocycles. The van der Waals surface area contributed by atoms with Gasteiger partial charge in [0.15, 0.2) is 0 Å². The minimum absolute atomic E-state index is 0.310. The van der Waals surface area contributed by atoms with Crippen LogP contribution >= 0.6 is 0 Å². The van der Waals surface area contributed by atoms with Crippen molar-refractivity contribution in [2.24, 2.45) is 0 Å². The minimum Gasteiger partial charge on any atom is -0.481 e. The van der Waals surface area contributed by atoms with Crippen molar-refractivity contribution in [3.05, 3.63) is 23.8 Å². The Hall–Kier alpha value is -1.58. The quantitative estimate of drug-likeness (QED) is 0.114. The van der Waals surface area contributed by atoms with Crippen LogP contribution in [0.1, 0.15) is 142 Å². The van der Waals surface area contributed by atoms with Gasteiger partial charge in [0.05, 0.1) is 0 Å². The largest absolute Gasteiger partial charge is 0.481 e. The molecule has 0 aliphatic heterocycles. The maximum atomic E-state index is 10.5. The number of carboxylic acid groups (broad SMARTS) is 2. The van der Waals surface area contributed by atoms with Crippen LogP contribution in [0.2, 0.25) is 0 Å². The van der Waals surface area contributed by atoms with Gasteiger partial charge in [-0.15, -0.1) is 0 Å². The summed E-state index contributed by atoms with van der Waals surface area (Å²) < 4.78 is 0. The van der Waals surface area contributed by atoms with E-state index in [0.717, 1.165) is 44.9 Å². The molecule has 4 nitrogen and oxygen atoms in total. The molecular weight excluding hydrogens is 400 g/mol. The highest BCUT2D eigenvalue weighted by atomic mass is 16.4. The summed E-state index contributed by atoms with van der Waals surface area (Å²) in [5, 5.41) is 17.3. The first kappa shape index (κ1) is 30.4. The molecule has 0 aromatic rings. The highest BCUT2D eigenvalue weighted by molar-refractivity contribution is 5.66. The Morgan fingerprint density at radius 3 is 1.44 bits per heavy atom. The van der Waals surface area contributed by atoms with Crippen LogP contribution < -0.4 is 0 Å². The van der Waals surface area contributed by atoms with E-state index in [1.807, 2.05) is 0 Å². The van der Waals surface area contributed by atoms with E-state index >= 15 is 0 Å². The van der Waals surface area contributed by atoms with Gasteiger partial charge in [-0.25, -0.2) is 0 Å². The molecular formula is C28H50O4. The lowest BCUT2D eigenvalue weighted by molar-refractivity contribution is -0.138. The molecule has 186 valence electrons. The number of unbranched alkanes of at least 4 members (excludes halogenated alkanes) is 13. The Kier molecular flexibility index (Phi) is 22.9. The molecule has 0 aliphatic carbocycles. The van der Waals surface area contributed by atoms with Gasteiger partial charge in [0.2, 0.25) is 0 Å². The number of allylic oxidation sites excluding steroid dienone is 4. The Balaban J connectivity index is 3.76. The fourth-order valence-corrected chi connectivity index (χ4v) is 3.92. The zero-order valence-electron chi connectivity index (χ0n) is 20.8. The lowest BCUT2D eigenvalue weighted by atomic mass is 9.98. The molecule has 0 aromatic carbocycles. The van der Waals surface area contributed by atoms with E-state index in [2.05, 4.69) is 25.2 Å². The van der Waals surface area contributed by atoms with Crippen LogP contribution in [0.15, 0.2) is 23.8 Å². The van der Waals surface area contributed by atoms with Crippen LogP contribution in [0, 0.1) is 0 Å². The third-order valence-electron chi connectivity index (χ3n) is 5.93. The number of hydrogen-bond acceptors (Lipinski definition) is 2. The highest BCUT2D eigenvalue weighted by Gasteiger charge is 2.01. The first-order chi connectivity index (χ1) is 15.6. The number of aliphatic carboxylic acids is 2. The normalized spacial score (nSPS) is 12.0. The van der Waals surface area contributed by atoms with Crippen molar-refractivity contribution < 1.29 is 19.8 Å². The molecule has 0 rings (SSSR count). The summed E-state index contributed by atoms with van der Waals surface area (Å²) in [6.45, 7) is 2.25. The van der Waals surface area contributed by atoms with Gasteiger partial charge in [-0.2, -0.15) is 0 Å². The molecule has 0 radical (unpaired) electrons. The Bertz CT molecular complexity index is 508. The van der Waals surface area contributed by atoms with Crippen LogP contribution in [0.5, 0.6) is 0 Å². The molecule has 4 heteroatoms. The van der Waals surface area contributed by atoms with Crippen LogP contribution in [-0.2, 0) is 9.59 Å². The summed E-state index contributed by atoms with van der Waals surface area (Å²) in [4.78, 5) is 21.0. The van der Waals surface area contributed by atoms with Gasteiger partial charge in [-0.1, -0.05) is 82.1 Å². The number of carbonyl (C=O) groups is 2. The Morgan fingerprint density at radius 1 is 0.531 bits per heavy atom. The molecule has 0 aliphatic rings. The lowest BCUT2D eigenvalue weighted by Gasteiger charge is -2.08. The molecule has 32 heavy (non-hydrogen) atoms. The van der Waals surface area contributed by atoms with E-state index in [-0.39, 0.29) is 0 Å². The van der Waals surface area contributed by atoms with Crippen molar-refractivity contribution in [1.82, 2.24) is 0 Å². The summed E-state index contributed by atoms with van der Waals surface area (Å²) in [6, 6.07) is 0. The molecule has 0 bridgehead atoms. The molecule has 0 spiro atoms. The van der Waals surface area contributed by atoms with Crippen LogP contribution in [0.4, 0.5) is 0 Å². The van der Waals surface area contributed by atoms with Gasteiger partial charge in [-0.05, 0) is 70.6 Å². The van der Waals surface area contributed by atoms with E-state index in [1.165, 1.54) is 77.0 Å². The van der Waals surface area contributed by atoms with Crippen molar-refractivity contribution in [3.63, 3.8) is 0 Å². The highest BCUT2D eigenvalue weighted by Crippen LogP contribution is 2.19. The molecule has 0 saturated heterocycles. The van der Waals surface area contributed by atoms with Gasteiger partial charge in [0, 0.05) is 12.8 Å². The molecule has 0 amide bonds. The molecule has 0 atom stereocenters. The maximum Gasteiger partial charge on any atom is 0.303 e. The third-order valence-corrected chi connectivity index (χ3v) is 5.93. The average Bonchev–Trinajstić information content (AvgIpc) is 2.75. The summed E-state index contributed by atoms with van der Waals surface area (Å²) in [6.07, 6.45) is 29.7. The van der Waals surface area contributed by atoms with Crippen LogP contribution in [0.3, 0.4) is 0 Å². The van der Waals surface area contributed by atoms with Gasteiger partial charge in [-0.3, -0.25) is 9.59 Å². The average molecular weight is 451 g/mol. The second kappa shape index (κ2) is 24.1. The van der Waals surface area contributed by atoms with Gasteiger partial charge in [0.25, 0.3) is 0 Å². The monoisotopic (exact) mass is 450 g/mol. The zero-order chi connectivity index (χ0) is 23.7. The molecule has 0 unspecified atom stereocenters. The predicted octanol–water partition coefficient (Wildman–Crippen LogP) is 8.85. The Morgan fingerprint density at radius 2 is 0.938 bits per heavy atom. The Labute approximate surface area is 197 Å². The van der Waals surface area contributed by atoms with Gasteiger partial charge in [0.1, 0.15) is 0 Å². The van der Waals surface area contributed by atoms with Crippen molar-refractivity contribution in [2.75, 3.05) is 0 Å². The van der Waals surface area contributed by atoms with Crippen molar-refractivity contribution in [2.45, 2.75) is 142 Å². The second-order valence-corrected chi connectivity index (χ2v) is 9.08. The van der Waals surface area contributed by atoms with Crippen molar-refractivity contribution in [1.29, 1.82) is 0 Å². The molecule has 0 heterocycles. The third kappa shape index (κ3) is 24.7. The predicted molar refractivity (Wildman–Crippen MR) is 135 cm³/mol. The summed E-state index contributed by atoms with van der Waals surface area (Å²) >= 11 is 0. The summed E-state index contributed by atoms with van der Waals surface area (Å²) in [5.41, 5.74) is 1.64. The van der Waals surface area contributed by atoms with E-state index in [4.69, 9.17) is 10.2 Å². The lowest BCUT2D eigenvalue weighted by Crippen LogP contribution is -1.93. The SMILES string of the molecule is CCCCC=C(CCCCC=CCCCCCCCC(=O)O)CCCCCCCC(=O)O. The molecule has 2 N–H and O–H groups in total. The van der Waals surface area contributed by atoms with E-state index < -0.39 is 11.9 Å². The second-order valence-electron chi connectivity index (χ2n) is 9.08. The zero-order valence-corrected chi connectivity index (χ0v) is 20.8. The number of carboxylic acids is 2. The first-order valence-electron chi connectivity index (χ1n) is 13.3. The topological polar surface area (TPSA) is 74.6 Å². The van der Waals surface area contributed by atoms with Gasteiger partial charge >= 0.3 is 11.9 Å². The van der Waals surface area contributed by atoms with E-state index in [0.29, 0.717) is 12.8 Å². The van der Waals surface area contributed by atoms with Crippen LogP contribution in [-0.4, -0.2) is 22.2 Å². The van der Waals surface area contributed by atoms with Crippen LogP contribution in [0.25, 0.3) is 0 Å². The smallest absolute Gasteiger partial charge is 0.303 e. The number of rotatable bonds is 24. The summed E-state index contributed by atoms with van der Waals surface area (Å²) in [7, 11) is 0. The van der Waals surface area contributed by atoms with Gasteiger partial charge < -0.3 is 10.2 Å². The minimum atomic E-state index is -0.679. The first-order valence-corrected chi connectivity index (χ1v) is 13.3.